The maximum Gasteiger partial charge on any atom is 0.254 e. The molecule has 0 spiro atoms. The van der Waals surface area contributed by atoms with Crippen molar-refractivity contribution in [3.63, 3.8) is 0 Å². The molecule has 2 aliphatic heterocycles. The van der Waals surface area contributed by atoms with Gasteiger partial charge in [0.25, 0.3) is 5.91 Å². The van der Waals surface area contributed by atoms with Gasteiger partial charge in [-0.25, -0.2) is 0 Å². The standard InChI is InChI=1S/C17H25N3O3S/c21-16(18-11-15-3-1-9-23-15)12-19-5-2-6-20(8-7-19)17(22)14-4-10-24-13-14/h4,10,13,15H,1-3,5-9,11-12H2,(H,18,21). The van der Waals surface area contributed by atoms with Crippen molar-refractivity contribution in [3.05, 3.63) is 22.4 Å². The molecular weight excluding hydrogens is 326 g/mol. The first-order valence-corrected chi connectivity index (χ1v) is 9.59. The lowest BCUT2D eigenvalue weighted by atomic mass is 10.2. The highest BCUT2D eigenvalue weighted by Crippen LogP contribution is 2.12. The largest absolute Gasteiger partial charge is 0.376 e. The Morgan fingerprint density at radius 1 is 1.25 bits per heavy atom. The number of thiophene rings is 1. The molecule has 24 heavy (non-hydrogen) atoms. The summed E-state index contributed by atoms with van der Waals surface area (Å²) in [6.07, 6.45) is 3.19. The van der Waals surface area contributed by atoms with Crippen LogP contribution in [0.4, 0.5) is 0 Å². The third-order valence-electron chi connectivity index (χ3n) is 4.56. The van der Waals surface area contributed by atoms with Crippen LogP contribution in [-0.4, -0.2) is 73.6 Å². The molecule has 1 N–H and O–H groups in total. The van der Waals surface area contributed by atoms with Crippen LogP contribution in [0.3, 0.4) is 0 Å². The van der Waals surface area contributed by atoms with E-state index in [-0.39, 0.29) is 17.9 Å². The minimum atomic E-state index is 0.0445. The van der Waals surface area contributed by atoms with Gasteiger partial charge in [-0.3, -0.25) is 14.5 Å². The topological polar surface area (TPSA) is 61.9 Å². The highest BCUT2D eigenvalue weighted by Gasteiger charge is 2.22. The fraction of sp³-hybridized carbons (Fsp3) is 0.647. The van der Waals surface area contributed by atoms with E-state index in [2.05, 4.69) is 10.2 Å². The van der Waals surface area contributed by atoms with Gasteiger partial charge in [0, 0.05) is 44.7 Å². The van der Waals surface area contributed by atoms with Crippen molar-refractivity contribution >= 4 is 23.2 Å². The second-order valence-electron chi connectivity index (χ2n) is 6.37. The number of carbonyl (C=O) groups excluding carboxylic acids is 2. The number of hydrogen-bond acceptors (Lipinski definition) is 5. The first-order chi connectivity index (χ1) is 11.7. The predicted molar refractivity (Wildman–Crippen MR) is 93.3 cm³/mol. The summed E-state index contributed by atoms with van der Waals surface area (Å²) in [4.78, 5) is 28.5. The molecule has 0 radical (unpaired) electrons. The summed E-state index contributed by atoms with van der Waals surface area (Å²) >= 11 is 1.54. The van der Waals surface area contributed by atoms with Gasteiger partial charge < -0.3 is 15.0 Å². The van der Waals surface area contributed by atoms with Crippen molar-refractivity contribution in [2.45, 2.75) is 25.4 Å². The molecule has 2 fully saturated rings. The summed E-state index contributed by atoms with van der Waals surface area (Å²) in [5, 5.41) is 6.78. The SMILES string of the molecule is O=C(CN1CCCN(C(=O)c2ccsc2)CC1)NCC1CCCO1. The molecule has 1 atom stereocenters. The molecule has 132 valence electrons. The zero-order valence-electron chi connectivity index (χ0n) is 13.9. The Bertz CT molecular complexity index is 543. The molecule has 0 saturated carbocycles. The lowest BCUT2D eigenvalue weighted by Gasteiger charge is -2.21. The number of rotatable bonds is 5. The number of nitrogens with one attached hydrogen (secondary N) is 1. The fourth-order valence-electron chi connectivity index (χ4n) is 3.19. The van der Waals surface area contributed by atoms with Gasteiger partial charge in [0.15, 0.2) is 0 Å². The van der Waals surface area contributed by atoms with Crippen LogP contribution >= 0.6 is 11.3 Å². The van der Waals surface area contributed by atoms with Gasteiger partial charge in [0.1, 0.15) is 0 Å². The molecule has 6 nitrogen and oxygen atoms in total. The number of carbonyl (C=O) groups is 2. The van der Waals surface area contributed by atoms with E-state index in [0.717, 1.165) is 51.1 Å². The molecule has 2 aliphatic rings. The van der Waals surface area contributed by atoms with Gasteiger partial charge in [0.05, 0.1) is 18.2 Å². The van der Waals surface area contributed by atoms with E-state index in [1.165, 1.54) is 0 Å². The normalized spacial score (nSPS) is 22.3. The van der Waals surface area contributed by atoms with Crippen molar-refractivity contribution in [1.29, 1.82) is 0 Å². The minimum Gasteiger partial charge on any atom is -0.376 e. The molecule has 0 aromatic carbocycles. The van der Waals surface area contributed by atoms with Gasteiger partial charge in [-0.05, 0) is 30.7 Å². The van der Waals surface area contributed by atoms with Crippen LogP contribution in [0.15, 0.2) is 16.8 Å². The maximum absolute atomic E-state index is 12.4. The number of hydrogen-bond donors (Lipinski definition) is 1. The van der Waals surface area contributed by atoms with Crippen molar-refractivity contribution in [2.75, 3.05) is 45.9 Å². The summed E-state index contributed by atoms with van der Waals surface area (Å²) in [7, 11) is 0. The van der Waals surface area contributed by atoms with E-state index in [4.69, 9.17) is 4.74 Å². The third-order valence-corrected chi connectivity index (χ3v) is 5.25. The van der Waals surface area contributed by atoms with E-state index < -0.39 is 0 Å². The Kier molecular flexibility index (Phi) is 6.23. The zero-order valence-corrected chi connectivity index (χ0v) is 14.7. The fourth-order valence-corrected chi connectivity index (χ4v) is 3.82. The molecule has 1 aromatic rings. The number of amides is 2. The molecular formula is C17H25N3O3S. The molecule has 0 bridgehead atoms. The quantitative estimate of drug-likeness (QED) is 0.866. The van der Waals surface area contributed by atoms with Crippen LogP contribution in [0.25, 0.3) is 0 Å². The average Bonchev–Trinajstić information content (AvgIpc) is 3.24. The van der Waals surface area contributed by atoms with E-state index in [9.17, 15) is 9.59 Å². The summed E-state index contributed by atoms with van der Waals surface area (Å²) in [6, 6.07) is 1.87. The van der Waals surface area contributed by atoms with Crippen molar-refractivity contribution in [3.8, 4) is 0 Å². The first-order valence-electron chi connectivity index (χ1n) is 8.64. The molecule has 0 aliphatic carbocycles. The maximum atomic E-state index is 12.4. The minimum absolute atomic E-state index is 0.0445. The Labute approximate surface area is 146 Å². The molecule has 2 saturated heterocycles. The Hall–Kier alpha value is -1.44. The highest BCUT2D eigenvalue weighted by molar-refractivity contribution is 7.08. The molecule has 3 heterocycles. The van der Waals surface area contributed by atoms with Crippen LogP contribution in [0, 0.1) is 0 Å². The summed E-state index contributed by atoms with van der Waals surface area (Å²) in [6.45, 7) is 4.82. The van der Waals surface area contributed by atoms with E-state index in [1.807, 2.05) is 21.7 Å². The molecule has 1 aromatic heterocycles. The van der Waals surface area contributed by atoms with Crippen molar-refractivity contribution < 1.29 is 14.3 Å². The predicted octanol–water partition coefficient (Wildman–Crippen LogP) is 1.19. The summed E-state index contributed by atoms with van der Waals surface area (Å²) in [5.74, 6) is 0.143. The van der Waals surface area contributed by atoms with E-state index in [1.54, 1.807) is 11.3 Å². The van der Waals surface area contributed by atoms with Crippen LogP contribution in [0.5, 0.6) is 0 Å². The van der Waals surface area contributed by atoms with Crippen LogP contribution in [0.1, 0.15) is 29.6 Å². The van der Waals surface area contributed by atoms with Crippen molar-refractivity contribution in [1.82, 2.24) is 15.1 Å². The average molecular weight is 351 g/mol. The molecule has 1 unspecified atom stereocenters. The van der Waals surface area contributed by atoms with Gasteiger partial charge >= 0.3 is 0 Å². The van der Waals surface area contributed by atoms with Crippen LogP contribution < -0.4 is 5.32 Å². The molecule has 7 heteroatoms. The van der Waals surface area contributed by atoms with Gasteiger partial charge in [-0.1, -0.05) is 0 Å². The second kappa shape index (κ2) is 8.60. The second-order valence-corrected chi connectivity index (χ2v) is 7.15. The third kappa shape index (κ3) is 4.78. The highest BCUT2D eigenvalue weighted by atomic mass is 32.1. The molecule has 3 rings (SSSR count). The van der Waals surface area contributed by atoms with E-state index in [0.29, 0.717) is 19.6 Å². The number of ether oxygens (including phenoxy) is 1. The van der Waals surface area contributed by atoms with Gasteiger partial charge in [-0.15, -0.1) is 0 Å². The number of nitrogens with zero attached hydrogens (tertiary/aromatic N) is 2. The van der Waals surface area contributed by atoms with Crippen molar-refractivity contribution in [2.24, 2.45) is 0 Å². The van der Waals surface area contributed by atoms with Crippen LogP contribution in [0.2, 0.25) is 0 Å². The van der Waals surface area contributed by atoms with E-state index >= 15 is 0 Å². The Morgan fingerprint density at radius 2 is 2.17 bits per heavy atom. The lowest BCUT2D eigenvalue weighted by Crippen LogP contribution is -2.41. The van der Waals surface area contributed by atoms with Gasteiger partial charge in [0.2, 0.25) is 5.91 Å². The smallest absolute Gasteiger partial charge is 0.254 e. The van der Waals surface area contributed by atoms with Gasteiger partial charge in [-0.2, -0.15) is 11.3 Å². The summed E-state index contributed by atoms with van der Waals surface area (Å²) in [5.41, 5.74) is 0.766. The van der Waals surface area contributed by atoms with Crippen LogP contribution in [-0.2, 0) is 9.53 Å². The monoisotopic (exact) mass is 351 g/mol. The lowest BCUT2D eigenvalue weighted by molar-refractivity contribution is -0.122. The Balaban J connectivity index is 1.41. The Morgan fingerprint density at radius 3 is 2.92 bits per heavy atom. The first kappa shape index (κ1) is 17.4. The summed E-state index contributed by atoms with van der Waals surface area (Å²) < 4.78 is 5.52. The zero-order chi connectivity index (χ0) is 16.8. The molecule has 2 amide bonds.